The van der Waals surface area contributed by atoms with Crippen molar-refractivity contribution >= 4 is 21.7 Å². The standard InChI is InChI=1S/C18H16F3NO2S/c1-12-14(6-4-8-16(12)24-11-18(19,20)21)10-25(23)17-9-13-5-2-3-7-15(13)22-17/h2-9,22H,10-11H2,1H3. The van der Waals surface area contributed by atoms with Crippen molar-refractivity contribution in [1.29, 1.82) is 0 Å². The monoisotopic (exact) mass is 367 g/mol. The molecule has 0 amide bonds. The highest BCUT2D eigenvalue weighted by Crippen LogP contribution is 2.26. The molecule has 0 spiro atoms. The lowest BCUT2D eigenvalue weighted by molar-refractivity contribution is -0.153. The zero-order valence-electron chi connectivity index (χ0n) is 13.4. The second-order valence-corrected chi connectivity index (χ2v) is 7.07. The van der Waals surface area contributed by atoms with Gasteiger partial charge in [-0.1, -0.05) is 30.3 Å². The van der Waals surface area contributed by atoms with Crippen molar-refractivity contribution in [1.82, 2.24) is 4.98 Å². The summed E-state index contributed by atoms with van der Waals surface area (Å²) in [4.78, 5) is 3.11. The summed E-state index contributed by atoms with van der Waals surface area (Å²) < 4.78 is 54.5. The maximum absolute atomic E-state index is 12.6. The van der Waals surface area contributed by atoms with E-state index in [1.807, 2.05) is 30.3 Å². The molecule has 0 fully saturated rings. The van der Waals surface area contributed by atoms with Crippen LogP contribution in [0.5, 0.6) is 5.75 Å². The predicted octanol–water partition coefficient (Wildman–Crippen LogP) is 4.73. The Kier molecular flexibility index (Phi) is 4.85. The molecule has 1 atom stereocenters. The van der Waals surface area contributed by atoms with Crippen molar-refractivity contribution in [3.63, 3.8) is 0 Å². The average Bonchev–Trinajstić information content (AvgIpc) is 2.99. The molecule has 0 saturated heterocycles. The van der Waals surface area contributed by atoms with E-state index < -0.39 is 23.6 Å². The molecule has 132 valence electrons. The number of alkyl halides is 3. The Morgan fingerprint density at radius 3 is 2.60 bits per heavy atom. The van der Waals surface area contributed by atoms with Gasteiger partial charge >= 0.3 is 6.18 Å². The average molecular weight is 367 g/mol. The van der Waals surface area contributed by atoms with Gasteiger partial charge in [-0.05, 0) is 36.2 Å². The highest BCUT2D eigenvalue weighted by Gasteiger charge is 2.28. The number of aromatic nitrogens is 1. The molecule has 1 aromatic heterocycles. The van der Waals surface area contributed by atoms with E-state index in [0.717, 1.165) is 10.9 Å². The van der Waals surface area contributed by atoms with E-state index in [0.29, 0.717) is 16.2 Å². The van der Waals surface area contributed by atoms with Gasteiger partial charge in [-0.25, -0.2) is 0 Å². The largest absolute Gasteiger partial charge is 0.484 e. The van der Waals surface area contributed by atoms with Crippen LogP contribution in [-0.4, -0.2) is 22.0 Å². The SMILES string of the molecule is Cc1c(CS(=O)c2cc3ccccc3[nH]2)cccc1OCC(F)(F)F. The minimum Gasteiger partial charge on any atom is -0.484 e. The number of aromatic amines is 1. The van der Waals surface area contributed by atoms with E-state index in [4.69, 9.17) is 4.74 Å². The second kappa shape index (κ2) is 6.92. The zero-order valence-corrected chi connectivity index (χ0v) is 14.2. The number of nitrogens with one attached hydrogen (secondary N) is 1. The number of ether oxygens (including phenoxy) is 1. The summed E-state index contributed by atoms with van der Waals surface area (Å²) in [7, 11) is -1.34. The van der Waals surface area contributed by atoms with Crippen LogP contribution < -0.4 is 4.74 Å². The van der Waals surface area contributed by atoms with E-state index in [1.165, 1.54) is 6.07 Å². The lowest BCUT2D eigenvalue weighted by Gasteiger charge is -2.13. The van der Waals surface area contributed by atoms with Crippen molar-refractivity contribution in [3.05, 3.63) is 59.7 Å². The van der Waals surface area contributed by atoms with Crippen LogP contribution in [0.15, 0.2) is 53.6 Å². The number of rotatable bonds is 5. The molecule has 1 unspecified atom stereocenters. The number of hydrogen-bond acceptors (Lipinski definition) is 2. The first-order chi connectivity index (χ1) is 11.8. The number of halogens is 3. The highest BCUT2D eigenvalue weighted by atomic mass is 32.2. The van der Waals surface area contributed by atoms with Crippen LogP contribution in [0, 0.1) is 6.92 Å². The Labute approximate surface area is 145 Å². The third-order valence-electron chi connectivity index (χ3n) is 3.82. The minimum atomic E-state index is -4.39. The summed E-state index contributed by atoms with van der Waals surface area (Å²) in [6.45, 7) is 0.325. The van der Waals surface area contributed by atoms with Crippen LogP contribution in [0.4, 0.5) is 13.2 Å². The summed E-state index contributed by atoms with van der Waals surface area (Å²) in [5.74, 6) is 0.352. The fourth-order valence-corrected chi connectivity index (χ4v) is 3.75. The Hall–Kier alpha value is -2.28. The van der Waals surface area contributed by atoms with Crippen LogP contribution in [0.2, 0.25) is 0 Å². The third kappa shape index (κ3) is 4.22. The number of hydrogen-bond donors (Lipinski definition) is 1. The molecule has 25 heavy (non-hydrogen) atoms. The molecule has 0 aliphatic heterocycles. The van der Waals surface area contributed by atoms with E-state index in [2.05, 4.69) is 4.98 Å². The van der Waals surface area contributed by atoms with Gasteiger partial charge < -0.3 is 9.72 Å². The van der Waals surface area contributed by atoms with Crippen LogP contribution in [0.25, 0.3) is 10.9 Å². The molecule has 0 saturated carbocycles. The summed E-state index contributed by atoms with van der Waals surface area (Å²) in [5.41, 5.74) is 2.15. The molecule has 7 heteroatoms. The van der Waals surface area contributed by atoms with Gasteiger partial charge in [-0.2, -0.15) is 13.2 Å². The number of para-hydroxylation sites is 1. The second-order valence-electron chi connectivity index (χ2n) is 5.65. The summed E-state index contributed by atoms with van der Waals surface area (Å²) in [6, 6.07) is 14.3. The number of H-pyrrole nitrogens is 1. The molecule has 3 rings (SSSR count). The van der Waals surface area contributed by atoms with E-state index in [1.54, 1.807) is 19.1 Å². The molecule has 3 aromatic rings. The molecule has 0 bridgehead atoms. The van der Waals surface area contributed by atoms with Gasteiger partial charge in [0.05, 0.1) is 16.6 Å². The lowest BCUT2D eigenvalue weighted by Crippen LogP contribution is -2.19. The van der Waals surface area contributed by atoms with E-state index in [-0.39, 0.29) is 11.5 Å². The van der Waals surface area contributed by atoms with Crippen LogP contribution >= 0.6 is 0 Å². The van der Waals surface area contributed by atoms with Crippen molar-refractivity contribution < 1.29 is 22.1 Å². The Morgan fingerprint density at radius 2 is 1.88 bits per heavy atom. The summed E-state index contributed by atoms with van der Waals surface area (Å²) in [5, 5.41) is 1.55. The molecule has 3 nitrogen and oxygen atoms in total. The maximum Gasteiger partial charge on any atom is 0.422 e. The molecule has 2 aromatic carbocycles. The number of fused-ring (bicyclic) bond motifs is 1. The number of benzene rings is 2. The Bertz CT molecular complexity index is 885. The van der Waals surface area contributed by atoms with E-state index in [9.17, 15) is 17.4 Å². The maximum atomic E-state index is 12.6. The van der Waals surface area contributed by atoms with Crippen molar-refractivity contribution in [2.45, 2.75) is 23.9 Å². The molecule has 1 heterocycles. The van der Waals surface area contributed by atoms with Gasteiger partial charge in [0.25, 0.3) is 0 Å². The smallest absolute Gasteiger partial charge is 0.422 e. The van der Waals surface area contributed by atoms with Gasteiger partial charge in [-0.15, -0.1) is 0 Å². The van der Waals surface area contributed by atoms with Gasteiger partial charge in [0.15, 0.2) is 6.61 Å². The van der Waals surface area contributed by atoms with Gasteiger partial charge in [0, 0.05) is 10.9 Å². The normalized spacial score (nSPS) is 13.1. The minimum absolute atomic E-state index is 0.156. The fraction of sp³-hybridized carbons (Fsp3) is 0.222. The first-order valence-corrected chi connectivity index (χ1v) is 8.89. The van der Waals surface area contributed by atoms with Gasteiger partial charge in [0.2, 0.25) is 0 Å². The van der Waals surface area contributed by atoms with Crippen LogP contribution in [0.1, 0.15) is 11.1 Å². The van der Waals surface area contributed by atoms with Crippen molar-refractivity contribution in [2.75, 3.05) is 6.61 Å². The summed E-state index contributed by atoms with van der Waals surface area (Å²) >= 11 is 0. The lowest BCUT2D eigenvalue weighted by atomic mass is 10.1. The zero-order chi connectivity index (χ0) is 18.0. The highest BCUT2D eigenvalue weighted by molar-refractivity contribution is 7.84. The first kappa shape index (κ1) is 17.5. The van der Waals surface area contributed by atoms with Crippen molar-refractivity contribution in [3.8, 4) is 5.75 Å². The quantitative estimate of drug-likeness (QED) is 0.709. The molecule has 0 aliphatic carbocycles. The molecule has 0 aliphatic rings. The Morgan fingerprint density at radius 1 is 1.12 bits per heavy atom. The third-order valence-corrected chi connectivity index (χ3v) is 5.11. The van der Waals surface area contributed by atoms with Crippen LogP contribution in [0.3, 0.4) is 0 Å². The van der Waals surface area contributed by atoms with Crippen molar-refractivity contribution in [2.24, 2.45) is 0 Å². The molecule has 1 N–H and O–H groups in total. The summed E-state index contributed by atoms with van der Waals surface area (Å²) in [6.07, 6.45) is -4.39. The topological polar surface area (TPSA) is 42.1 Å². The Balaban J connectivity index is 1.79. The van der Waals surface area contributed by atoms with Crippen LogP contribution in [-0.2, 0) is 16.6 Å². The van der Waals surface area contributed by atoms with E-state index >= 15 is 0 Å². The molecule has 0 radical (unpaired) electrons. The fourth-order valence-electron chi connectivity index (χ4n) is 2.52. The van der Waals surface area contributed by atoms with Gasteiger partial charge in [0.1, 0.15) is 10.8 Å². The molecular formula is C18H16F3NO2S. The first-order valence-electron chi connectivity index (χ1n) is 7.58. The predicted molar refractivity (Wildman–Crippen MR) is 91.1 cm³/mol. The molecular weight excluding hydrogens is 351 g/mol. The van der Waals surface area contributed by atoms with Gasteiger partial charge in [-0.3, -0.25) is 4.21 Å².